The van der Waals surface area contributed by atoms with Crippen LogP contribution in [0.5, 0.6) is 0 Å². The Morgan fingerprint density at radius 3 is 2.84 bits per heavy atom. The first-order valence-corrected chi connectivity index (χ1v) is 7.18. The fraction of sp³-hybridized carbons (Fsp3) is 0.571. The fourth-order valence-electron chi connectivity index (χ4n) is 3.62. The lowest BCUT2D eigenvalue weighted by Gasteiger charge is -2.23. The van der Waals surface area contributed by atoms with Crippen molar-refractivity contribution in [2.45, 2.75) is 38.3 Å². The molecule has 1 aromatic rings. The van der Waals surface area contributed by atoms with Gasteiger partial charge in [-0.2, -0.15) is 0 Å². The average molecular weight is 281 g/mol. The van der Waals surface area contributed by atoms with E-state index in [0.717, 1.165) is 11.8 Å². The highest BCUT2D eigenvalue weighted by molar-refractivity contribution is 6.31. The standard InChI is InChI=1S/C14H17ClN2O2/c15-12-2-1-3-14(17(18)19)11(12)8-16-13-7-9-4-5-10(13)6-9/h1-3,9-10,13,16H,4-8H2. The molecule has 0 saturated heterocycles. The number of hydrogen-bond donors (Lipinski definition) is 1. The maximum Gasteiger partial charge on any atom is 0.275 e. The molecule has 0 spiro atoms. The summed E-state index contributed by atoms with van der Waals surface area (Å²) in [5.41, 5.74) is 0.722. The molecule has 2 aliphatic rings. The lowest BCUT2D eigenvalue weighted by Crippen LogP contribution is -2.33. The van der Waals surface area contributed by atoms with Gasteiger partial charge in [-0.3, -0.25) is 10.1 Å². The Labute approximate surface area is 117 Å². The molecule has 3 unspecified atom stereocenters. The lowest BCUT2D eigenvalue weighted by atomic mass is 9.95. The summed E-state index contributed by atoms with van der Waals surface area (Å²) in [5, 5.41) is 15.0. The minimum atomic E-state index is -0.357. The minimum Gasteiger partial charge on any atom is -0.309 e. The van der Waals surface area contributed by atoms with Crippen LogP contribution in [0.3, 0.4) is 0 Å². The molecule has 0 heterocycles. The van der Waals surface area contributed by atoms with Crippen LogP contribution in [-0.2, 0) is 6.54 Å². The predicted octanol–water partition coefficient (Wildman–Crippen LogP) is 3.53. The number of halogens is 1. The van der Waals surface area contributed by atoms with Crippen LogP contribution in [0.4, 0.5) is 5.69 Å². The Hall–Kier alpha value is -1.13. The Kier molecular flexibility index (Phi) is 3.46. The van der Waals surface area contributed by atoms with Crippen molar-refractivity contribution in [3.63, 3.8) is 0 Å². The van der Waals surface area contributed by atoms with E-state index in [1.807, 2.05) is 0 Å². The van der Waals surface area contributed by atoms with Gasteiger partial charge in [0.15, 0.2) is 0 Å². The predicted molar refractivity (Wildman–Crippen MR) is 74.2 cm³/mol. The average Bonchev–Trinajstić information content (AvgIpc) is 2.99. The molecule has 0 aromatic heterocycles. The van der Waals surface area contributed by atoms with Crippen LogP contribution in [0.2, 0.25) is 5.02 Å². The summed E-state index contributed by atoms with van der Waals surface area (Å²) in [4.78, 5) is 10.7. The van der Waals surface area contributed by atoms with E-state index in [1.165, 1.54) is 31.7 Å². The van der Waals surface area contributed by atoms with Crippen molar-refractivity contribution in [1.82, 2.24) is 5.32 Å². The highest BCUT2D eigenvalue weighted by atomic mass is 35.5. The Morgan fingerprint density at radius 1 is 1.37 bits per heavy atom. The summed E-state index contributed by atoms with van der Waals surface area (Å²) in [6, 6.07) is 5.37. The van der Waals surface area contributed by atoms with E-state index < -0.39 is 0 Å². The quantitative estimate of drug-likeness (QED) is 0.678. The van der Waals surface area contributed by atoms with E-state index in [2.05, 4.69) is 5.32 Å². The zero-order valence-electron chi connectivity index (χ0n) is 10.6. The first kappa shape index (κ1) is 12.9. The van der Waals surface area contributed by atoms with Crippen molar-refractivity contribution in [3.8, 4) is 0 Å². The van der Waals surface area contributed by atoms with Gasteiger partial charge in [-0.05, 0) is 37.2 Å². The maximum atomic E-state index is 11.0. The molecule has 2 bridgehead atoms. The van der Waals surface area contributed by atoms with Crippen LogP contribution in [0.1, 0.15) is 31.2 Å². The number of nitro benzene ring substituents is 1. The molecular formula is C14H17ClN2O2. The van der Waals surface area contributed by atoms with Gasteiger partial charge >= 0.3 is 0 Å². The zero-order valence-corrected chi connectivity index (χ0v) is 11.4. The Bertz CT molecular complexity index is 506. The summed E-state index contributed by atoms with van der Waals surface area (Å²) < 4.78 is 0. The molecule has 3 rings (SSSR count). The summed E-state index contributed by atoms with van der Waals surface area (Å²) in [5.74, 6) is 1.62. The Morgan fingerprint density at radius 2 is 2.21 bits per heavy atom. The third-order valence-electron chi connectivity index (χ3n) is 4.57. The largest absolute Gasteiger partial charge is 0.309 e. The van der Waals surface area contributed by atoms with Crippen LogP contribution in [0.15, 0.2) is 18.2 Å². The van der Waals surface area contributed by atoms with Crippen molar-refractivity contribution in [2.75, 3.05) is 0 Å². The van der Waals surface area contributed by atoms with Gasteiger partial charge in [0.05, 0.1) is 15.5 Å². The SMILES string of the molecule is O=[N+]([O-])c1cccc(Cl)c1CNC1CC2CCC1C2. The Balaban J connectivity index is 1.71. The van der Waals surface area contributed by atoms with E-state index in [-0.39, 0.29) is 10.6 Å². The second-order valence-corrected chi connectivity index (χ2v) is 6.06. The molecule has 2 fully saturated rings. The summed E-state index contributed by atoms with van der Waals surface area (Å²) >= 11 is 6.09. The molecule has 1 N–H and O–H groups in total. The monoisotopic (exact) mass is 280 g/mol. The molecular weight excluding hydrogens is 264 g/mol. The second-order valence-electron chi connectivity index (χ2n) is 5.66. The molecule has 4 nitrogen and oxygen atoms in total. The van der Waals surface area contributed by atoms with Gasteiger partial charge in [0, 0.05) is 18.7 Å². The maximum absolute atomic E-state index is 11.0. The summed E-state index contributed by atoms with van der Waals surface area (Å²) in [6.07, 6.45) is 5.19. The van der Waals surface area contributed by atoms with Gasteiger partial charge in [0.25, 0.3) is 5.69 Å². The molecule has 0 radical (unpaired) electrons. The smallest absolute Gasteiger partial charge is 0.275 e. The molecule has 1 aromatic carbocycles. The van der Waals surface area contributed by atoms with E-state index >= 15 is 0 Å². The lowest BCUT2D eigenvalue weighted by molar-refractivity contribution is -0.385. The number of hydrogen-bond acceptors (Lipinski definition) is 3. The molecule has 5 heteroatoms. The van der Waals surface area contributed by atoms with Crippen molar-refractivity contribution < 1.29 is 4.92 Å². The first-order valence-electron chi connectivity index (χ1n) is 6.80. The van der Waals surface area contributed by atoms with Gasteiger partial charge in [-0.15, -0.1) is 0 Å². The topological polar surface area (TPSA) is 55.2 Å². The third kappa shape index (κ3) is 2.47. The molecule has 2 saturated carbocycles. The number of nitrogens with zero attached hydrogens (tertiary/aromatic N) is 1. The summed E-state index contributed by atoms with van der Waals surface area (Å²) in [7, 11) is 0. The van der Waals surface area contributed by atoms with Crippen molar-refractivity contribution in [3.05, 3.63) is 38.9 Å². The highest BCUT2D eigenvalue weighted by Crippen LogP contribution is 2.44. The number of nitrogens with one attached hydrogen (secondary N) is 1. The molecule has 0 amide bonds. The molecule has 0 aliphatic heterocycles. The van der Waals surface area contributed by atoms with Crippen molar-refractivity contribution in [1.29, 1.82) is 0 Å². The molecule has 3 atom stereocenters. The van der Waals surface area contributed by atoms with E-state index in [0.29, 0.717) is 23.2 Å². The van der Waals surface area contributed by atoms with Crippen molar-refractivity contribution in [2.24, 2.45) is 11.8 Å². The number of nitro groups is 1. The van der Waals surface area contributed by atoms with Crippen LogP contribution in [0.25, 0.3) is 0 Å². The molecule has 102 valence electrons. The minimum absolute atomic E-state index is 0.114. The summed E-state index contributed by atoms with van der Waals surface area (Å²) in [6.45, 7) is 0.490. The van der Waals surface area contributed by atoms with E-state index in [4.69, 9.17) is 11.6 Å². The molecule has 19 heavy (non-hydrogen) atoms. The van der Waals surface area contributed by atoms with Gasteiger partial charge in [0.2, 0.25) is 0 Å². The second kappa shape index (κ2) is 5.10. The number of fused-ring (bicyclic) bond motifs is 2. The van der Waals surface area contributed by atoms with Gasteiger partial charge < -0.3 is 5.32 Å². The van der Waals surface area contributed by atoms with Gasteiger partial charge in [0.1, 0.15) is 0 Å². The number of benzene rings is 1. The first-order chi connectivity index (χ1) is 9.15. The van der Waals surface area contributed by atoms with Crippen LogP contribution >= 0.6 is 11.6 Å². The van der Waals surface area contributed by atoms with Crippen LogP contribution in [0, 0.1) is 22.0 Å². The number of rotatable bonds is 4. The zero-order chi connectivity index (χ0) is 13.4. The van der Waals surface area contributed by atoms with Crippen molar-refractivity contribution >= 4 is 17.3 Å². The third-order valence-corrected chi connectivity index (χ3v) is 4.92. The normalized spacial score (nSPS) is 28.8. The van der Waals surface area contributed by atoms with Crippen LogP contribution < -0.4 is 5.32 Å². The highest BCUT2D eigenvalue weighted by Gasteiger charge is 2.39. The van der Waals surface area contributed by atoms with Gasteiger partial charge in [-0.1, -0.05) is 24.1 Å². The van der Waals surface area contributed by atoms with Gasteiger partial charge in [-0.25, -0.2) is 0 Å². The van der Waals surface area contributed by atoms with E-state index in [1.54, 1.807) is 12.1 Å². The van der Waals surface area contributed by atoms with Crippen LogP contribution in [-0.4, -0.2) is 11.0 Å². The van der Waals surface area contributed by atoms with E-state index in [9.17, 15) is 10.1 Å². The molecule has 2 aliphatic carbocycles. The fourth-order valence-corrected chi connectivity index (χ4v) is 3.86.